The van der Waals surface area contributed by atoms with Crippen molar-refractivity contribution in [2.45, 2.75) is 6.92 Å². The van der Waals surface area contributed by atoms with Crippen LogP contribution in [-0.4, -0.2) is 15.6 Å². The number of hydrogen-bond acceptors (Lipinski definition) is 3. The van der Waals surface area contributed by atoms with Gasteiger partial charge < -0.3 is 9.67 Å². The molecule has 82 valence electrons. The van der Waals surface area contributed by atoms with Crippen molar-refractivity contribution in [2.75, 3.05) is 0 Å². The van der Waals surface area contributed by atoms with E-state index in [4.69, 9.17) is 0 Å². The number of aromatic nitrogens is 1. The van der Waals surface area contributed by atoms with Crippen LogP contribution < -0.4 is 0 Å². The fraction of sp³-hybridized carbons (Fsp3) is 0.182. The molecule has 2 rings (SSSR count). The first kappa shape index (κ1) is 10.4. The average molecular weight is 217 g/mol. The molecule has 0 unspecified atom stereocenters. The molecule has 0 radical (unpaired) electrons. The molecule has 0 atom stereocenters. The molecule has 0 bridgehead atoms. The van der Waals surface area contributed by atoms with E-state index in [1.165, 1.54) is 6.92 Å². The van der Waals surface area contributed by atoms with Crippen molar-refractivity contribution in [1.82, 2.24) is 4.57 Å². The van der Waals surface area contributed by atoms with Gasteiger partial charge in [0.15, 0.2) is 5.69 Å². The summed E-state index contributed by atoms with van der Waals surface area (Å²) in [5, 5.41) is 17.8. The van der Waals surface area contributed by atoms with Gasteiger partial charge in [0.05, 0.1) is 5.52 Å². The predicted molar refractivity (Wildman–Crippen MR) is 59.8 cm³/mol. The number of amides is 1. The minimum Gasteiger partial charge on any atom is -0.493 e. The van der Waals surface area contributed by atoms with Crippen LogP contribution in [0.1, 0.15) is 6.92 Å². The first-order chi connectivity index (χ1) is 7.61. The SMILES string of the molecule is CC(=O)N=Nc1c(O)n(C)c2ccccc12. The van der Waals surface area contributed by atoms with E-state index in [9.17, 15) is 9.90 Å². The zero-order valence-corrected chi connectivity index (χ0v) is 9.01. The normalized spacial score (nSPS) is 11.4. The van der Waals surface area contributed by atoms with Crippen LogP contribution in [0.4, 0.5) is 5.69 Å². The van der Waals surface area contributed by atoms with Gasteiger partial charge >= 0.3 is 0 Å². The molecule has 2 aromatic rings. The molecule has 0 fully saturated rings. The Morgan fingerprint density at radius 1 is 1.38 bits per heavy atom. The molecular formula is C11H11N3O2. The topological polar surface area (TPSA) is 66.9 Å². The maximum atomic E-state index is 10.7. The average Bonchev–Trinajstić information content (AvgIpc) is 2.50. The van der Waals surface area contributed by atoms with Crippen molar-refractivity contribution in [1.29, 1.82) is 0 Å². The maximum absolute atomic E-state index is 10.7. The molecule has 0 saturated heterocycles. The van der Waals surface area contributed by atoms with Gasteiger partial charge in [0.1, 0.15) is 0 Å². The van der Waals surface area contributed by atoms with Crippen LogP contribution in [0, 0.1) is 0 Å². The summed E-state index contributed by atoms with van der Waals surface area (Å²) in [6.45, 7) is 1.31. The summed E-state index contributed by atoms with van der Waals surface area (Å²) in [7, 11) is 1.73. The second kappa shape index (κ2) is 3.77. The van der Waals surface area contributed by atoms with E-state index in [1.54, 1.807) is 11.6 Å². The molecule has 0 saturated carbocycles. The summed E-state index contributed by atoms with van der Waals surface area (Å²) in [6.07, 6.45) is 0. The number of carbonyl (C=O) groups is 1. The Hall–Kier alpha value is -2.17. The van der Waals surface area contributed by atoms with Crippen LogP contribution >= 0.6 is 0 Å². The molecule has 16 heavy (non-hydrogen) atoms. The van der Waals surface area contributed by atoms with Crippen LogP contribution in [-0.2, 0) is 11.8 Å². The zero-order chi connectivity index (χ0) is 11.7. The third-order valence-electron chi connectivity index (χ3n) is 2.34. The highest BCUT2D eigenvalue weighted by Crippen LogP contribution is 2.37. The molecule has 0 aliphatic heterocycles. The third kappa shape index (κ3) is 1.56. The lowest BCUT2D eigenvalue weighted by Crippen LogP contribution is -1.84. The molecule has 1 heterocycles. The molecule has 1 aromatic heterocycles. The minimum absolute atomic E-state index is 0.00574. The van der Waals surface area contributed by atoms with E-state index < -0.39 is 5.91 Å². The van der Waals surface area contributed by atoms with E-state index in [0.29, 0.717) is 5.69 Å². The van der Waals surface area contributed by atoms with Gasteiger partial charge in [0.2, 0.25) is 5.88 Å². The standard InChI is InChI=1S/C11H11N3O2/c1-7(15)12-13-10-8-5-3-4-6-9(8)14(2)11(10)16/h3-6,16H,1-2H3. The number of azo groups is 1. The number of rotatable bonds is 1. The van der Waals surface area contributed by atoms with Gasteiger partial charge in [-0.25, -0.2) is 0 Å². The Labute approximate surface area is 92.0 Å². The molecule has 1 N–H and O–H groups in total. The predicted octanol–water partition coefficient (Wildman–Crippen LogP) is 2.51. The van der Waals surface area contributed by atoms with Crippen LogP contribution in [0.25, 0.3) is 10.9 Å². The van der Waals surface area contributed by atoms with Crippen molar-refractivity contribution in [3.63, 3.8) is 0 Å². The molecule has 1 amide bonds. The molecule has 5 nitrogen and oxygen atoms in total. The number of aryl methyl sites for hydroxylation is 1. The maximum Gasteiger partial charge on any atom is 0.261 e. The summed E-state index contributed by atoms with van der Waals surface area (Å²) in [4.78, 5) is 10.7. The zero-order valence-electron chi connectivity index (χ0n) is 9.01. The Kier molecular flexibility index (Phi) is 2.44. The quantitative estimate of drug-likeness (QED) is 0.746. The number of para-hydroxylation sites is 1. The van der Waals surface area contributed by atoms with Gasteiger partial charge in [-0.05, 0) is 6.07 Å². The Balaban J connectivity index is 2.69. The van der Waals surface area contributed by atoms with Crippen LogP contribution in [0.5, 0.6) is 5.88 Å². The second-order valence-electron chi connectivity index (χ2n) is 3.47. The van der Waals surface area contributed by atoms with Crippen molar-refractivity contribution >= 4 is 22.5 Å². The summed E-state index contributed by atoms with van der Waals surface area (Å²) in [5.41, 5.74) is 1.17. The van der Waals surface area contributed by atoms with Crippen molar-refractivity contribution in [2.24, 2.45) is 17.3 Å². The minimum atomic E-state index is -0.396. The van der Waals surface area contributed by atoms with E-state index in [-0.39, 0.29) is 5.88 Å². The van der Waals surface area contributed by atoms with Crippen molar-refractivity contribution < 1.29 is 9.90 Å². The second-order valence-corrected chi connectivity index (χ2v) is 3.47. The largest absolute Gasteiger partial charge is 0.493 e. The van der Waals surface area contributed by atoms with E-state index in [2.05, 4.69) is 10.2 Å². The Morgan fingerprint density at radius 3 is 2.75 bits per heavy atom. The monoisotopic (exact) mass is 217 g/mol. The number of nitrogens with zero attached hydrogens (tertiary/aromatic N) is 3. The molecule has 0 spiro atoms. The van der Waals surface area contributed by atoms with Gasteiger partial charge in [0, 0.05) is 19.4 Å². The molecule has 0 aliphatic carbocycles. The van der Waals surface area contributed by atoms with Crippen molar-refractivity contribution in [3.8, 4) is 5.88 Å². The molecule has 0 aliphatic rings. The smallest absolute Gasteiger partial charge is 0.261 e. The van der Waals surface area contributed by atoms with Gasteiger partial charge in [-0.3, -0.25) is 4.79 Å². The highest BCUT2D eigenvalue weighted by atomic mass is 16.3. The summed E-state index contributed by atoms with van der Waals surface area (Å²) >= 11 is 0. The van der Waals surface area contributed by atoms with Gasteiger partial charge in [-0.2, -0.15) is 0 Å². The van der Waals surface area contributed by atoms with Gasteiger partial charge in [-0.15, -0.1) is 10.2 Å². The van der Waals surface area contributed by atoms with Crippen LogP contribution in [0.15, 0.2) is 34.5 Å². The van der Waals surface area contributed by atoms with Gasteiger partial charge in [0.25, 0.3) is 5.91 Å². The van der Waals surface area contributed by atoms with E-state index in [0.717, 1.165) is 10.9 Å². The third-order valence-corrected chi connectivity index (χ3v) is 2.34. The molecular weight excluding hydrogens is 206 g/mol. The summed E-state index contributed by atoms with van der Waals surface area (Å²) in [5.74, 6) is -0.390. The first-order valence-corrected chi connectivity index (χ1v) is 4.80. The molecule has 1 aromatic carbocycles. The number of carbonyl (C=O) groups excluding carboxylic acids is 1. The number of fused-ring (bicyclic) bond motifs is 1. The van der Waals surface area contributed by atoms with Crippen LogP contribution in [0.2, 0.25) is 0 Å². The first-order valence-electron chi connectivity index (χ1n) is 4.80. The fourth-order valence-electron chi connectivity index (χ4n) is 1.58. The van der Waals surface area contributed by atoms with E-state index >= 15 is 0 Å². The number of benzene rings is 1. The molecule has 5 heteroatoms. The lowest BCUT2D eigenvalue weighted by Gasteiger charge is -1.94. The summed E-state index contributed by atoms with van der Waals surface area (Å²) in [6, 6.07) is 7.40. The highest BCUT2D eigenvalue weighted by Gasteiger charge is 2.13. The lowest BCUT2D eigenvalue weighted by molar-refractivity contribution is -0.116. The summed E-state index contributed by atoms with van der Waals surface area (Å²) < 4.78 is 1.60. The number of hydrogen-bond donors (Lipinski definition) is 1. The lowest BCUT2D eigenvalue weighted by atomic mass is 10.2. The number of aromatic hydroxyl groups is 1. The van der Waals surface area contributed by atoms with Crippen molar-refractivity contribution in [3.05, 3.63) is 24.3 Å². The van der Waals surface area contributed by atoms with Crippen LogP contribution in [0.3, 0.4) is 0 Å². The highest BCUT2D eigenvalue weighted by molar-refractivity contribution is 5.95. The Morgan fingerprint density at radius 2 is 2.06 bits per heavy atom. The van der Waals surface area contributed by atoms with Gasteiger partial charge in [-0.1, -0.05) is 18.2 Å². The van der Waals surface area contributed by atoms with E-state index in [1.807, 2.05) is 24.3 Å². The Bertz CT molecular complexity index is 584. The fourth-order valence-corrected chi connectivity index (χ4v) is 1.58.